The Morgan fingerprint density at radius 2 is 2.09 bits per heavy atom. The van der Waals surface area contributed by atoms with Gasteiger partial charge >= 0.3 is 6.09 Å². The van der Waals surface area contributed by atoms with Crippen LogP contribution in [0, 0.1) is 0 Å². The lowest BCUT2D eigenvalue weighted by Gasteiger charge is -2.30. The third-order valence-corrected chi connectivity index (χ3v) is 3.29. The van der Waals surface area contributed by atoms with E-state index in [9.17, 15) is 4.79 Å². The van der Waals surface area contributed by atoms with E-state index in [4.69, 9.17) is 9.15 Å². The van der Waals surface area contributed by atoms with Gasteiger partial charge in [-0.15, -0.1) is 0 Å². The van der Waals surface area contributed by atoms with Crippen molar-refractivity contribution in [2.45, 2.75) is 65.6 Å². The molecule has 1 amide bonds. The van der Waals surface area contributed by atoms with Crippen LogP contribution in [0.15, 0.2) is 22.8 Å². The number of hydrogen-bond acceptors (Lipinski definition) is 4. The maximum Gasteiger partial charge on any atom is 0.410 e. The molecular formula is C17H30N2O3. The summed E-state index contributed by atoms with van der Waals surface area (Å²) in [7, 11) is 0. The van der Waals surface area contributed by atoms with Crippen molar-refractivity contribution in [3.63, 3.8) is 0 Å². The highest BCUT2D eigenvalue weighted by Crippen LogP contribution is 2.17. The third-order valence-electron chi connectivity index (χ3n) is 3.29. The van der Waals surface area contributed by atoms with Crippen LogP contribution in [0.5, 0.6) is 0 Å². The summed E-state index contributed by atoms with van der Waals surface area (Å²) in [6.45, 7) is 13.0. The van der Waals surface area contributed by atoms with E-state index in [0.29, 0.717) is 13.1 Å². The number of rotatable bonds is 7. The second-order valence-corrected chi connectivity index (χ2v) is 6.70. The molecule has 5 heteroatoms. The Morgan fingerprint density at radius 3 is 2.55 bits per heavy atom. The molecule has 0 aromatic carbocycles. The third kappa shape index (κ3) is 6.10. The maximum absolute atomic E-state index is 12.2. The van der Waals surface area contributed by atoms with E-state index in [1.165, 1.54) is 0 Å². The topological polar surface area (TPSA) is 54.7 Å². The Hall–Kier alpha value is -1.49. The molecule has 0 fully saturated rings. The molecule has 1 aromatic heterocycles. The predicted molar refractivity (Wildman–Crippen MR) is 87.8 cm³/mol. The Labute approximate surface area is 134 Å². The summed E-state index contributed by atoms with van der Waals surface area (Å²) in [4.78, 5) is 14.0. The molecule has 1 atom stereocenters. The van der Waals surface area contributed by atoms with Crippen LogP contribution in [-0.4, -0.2) is 35.7 Å². The summed E-state index contributed by atoms with van der Waals surface area (Å²) in [5, 5.41) is 3.43. The number of carbonyl (C=O) groups excluding carboxylic acids is 1. The minimum Gasteiger partial charge on any atom is -0.468 e. The summed E-state index contributed by atoms with van der Waals surface area (Å²) in [5.41, 5.74) is -0.474. The minimum absolute atomic E-state index is 0.0975. The molecule has 0 aliphatic carbocycles. The highest BCUT2D eigenvalue weighted by Gasteiger charge is 2.24. The average molecular weight is 310 g/mol. The second kappa shape index (κ2) is 8.22. The molecule has 0 saturated heterocycles. The Morgan fingerprint density at radius 1 is 1.41 bits per heavy atom. The number of furan rings is 1. The van der Waals surface area contributed by atoms with Crippen LogP contribution in [0.4, 0.5) is 4.79 Å². The molecular weight excluding hydrogens is 280 g/mol. The molecule has 0 bridgehead atoms. The van der Waals surface area contributed by atoms with Crippen molar-refractivity contribution in [2.75, 3.05) is 13.1 Å². The molecule has 1 N–H and O–H groups in total. The van der Waals surface area contributed by atoms with E-state index in [0.717, 1.165) is 12.2 Å². The summed E-state index contributed by atoms with van der Waals surface area (Å²) in [5.74, 6) is 0.927. The zero-order valence-electron chi connectivity index (χ0n) is 14.7. The predicted octanol–water partition coefficient (Wildman–Crippen LogP) is 3.97. The Kier molecular flexibility index (Phi) is 6.94. The van der Waals surface area contributed by atoms with Crippen LogP contribution >= 0.6 is 0 Å². The van der Waals surface area contributed by atoms with Crippen LogP contribution < -0.4 is 5.32 Å². The molecule has 1 aromatic rings. The van der Waals surface area contributed by atoms with Crippen molar-refractivity contribution in [1.29, 1.82) is 0 Å². The lowest BCUT2D eigenvalue weighted by molar-refractivity contribution is 0.0192. The summed E-state index contributed by atoms with van der Waals surface area (Å²) in [6, 6.07) is 4.12. The molecule has 1 rings (SSSR count). The molecule has 0 aliphatic heterocycles. The van der Waals surface area contributed by atoms with E-state index < -0.39 is 5.60 Å². The Balaban J connectivity index is 2.52. The van der Waals surface area contributed by atoms with E-state index in [1.54, 1.807) is 11.2 Å². The van der Waals surface area contributed by atoms with E-state index in [1.807, 2.05) is 46.8 Å². The summed E-state index contributed by atoms with van der Waals surface area (Å²) in [6.07, 6.45) is 2.35. The highest BCUT2D eigenvalue weighted by atomic mass is 16.6. The van der Waals surface area contributed by atoms with Crippen molar-refractivity contribution in [3.05, 3.63) is 24.2 Å². The van der Waals surface area contributed by atoms with E-state index >= 15 is 0 Å². The lowest BCUT2D eigenvalue weighted by atomic mass is 10.1. The summed E-state index contributed by atoms with van der Waals surface area (Å²) < 4.78 is 10.9. The number of ether oxygens (including phenoxy) is 1. The van der Waals surface area contributed by atoms with Crippen molar-refractivity contribution in [3.8, 4) is 0 Å². The first-order chi connectivity index (χ1) is 10.2. The van der Waals surface area contributed by atoms with Gasteiger partial charge in [0.1, 0.15) is 11.4 Å². The largest absolute Gasteiger partial charge is 0.468 e. The first kappa shape index (κ1) is 18.6. The first-order valence-electron chi connectivity index (χ1n) is 8.01. The van der Waals surface area contributed by atoms with Gasteiger partial charge in [0, 0.05) is 19.1 Å². The van der Waals surface area contributed by atoms with Gasteiger partial charge in [-0.25, -0.2) is 4.79 Å². The molecule has 126 valence electrons. The maximum atomic E-state index is 12.2. The molecule has 5 nitrogen and oxygen atoms in total. The molecule has 1 unspecified atom stereocenters. The fraction of sp³-hybridized carbons (Fsp3) is 0.706. The zero-order valence-corrected chi connectivity index (χ0v) is 14.7. The molecule has 0 aliphatic rings. The number of carbonyl (C=O) groups is 1. The van der Waals surface area contributed by atoms with Crippen LogP contribution in [-0.2, 0) is 4.74 Å². The Bertz CT molecular complexity index is 435. The van der Waals surface area contributed by atoms with Gasteiger partial charge in [-0.05, 0) is 53.2 Å². The number of hydrogen-bond donors (Lipinski definition) is 1. The molecule has 0 radical (unpaired) electrons. The van der Waals surface area contributed by atoms with Gasteiger partial charge in [0.05, 0.1) is 12.3 Å². The smallest absolute Gasteiger partial charge is 0.410 e. The SMILES string of the molecule is CCC(NCCN(C(=O)OC(C)(C)C)C(C)C)c1ccco1. The first-order valence-corrected chi connectivity index (χ1v) is 8.01. The van der Waals surface area contributed by atoms with E-state index in [2.05, 4.69) is 12.2 Å². The fourth-order valence-electron chi connectivity index (χ4n) is 2.18. The van der Waals surface area contributed by atoms with Crippen LogP contribution in [0.3, 0.4) is 0 Å². The van der Waals surface area contributed by atoms with Crippen LogP contribution in [0.1, 0.15) is 59.8 Å². The molecule has 22 heavy (non-hydrogen) atoms. The average Bonchev–Trinajstić information content (AvgIpc) is 2.90. The van der Waals surface area contributed by atoms with Gasteiger partial charge in [0.25, 0.3) is 0 Å². The summed E-state index contributed by atoms with van der Waals surface area (Å²) >= 11 is 0. The fourth-order valence-corrected chi connectivity index (χ4v) is 2.18. The number of nitrogens with one attached hydrogen (secondary N) is 1. The van der Waals surface area contributed by atoms with Crippen molar-refractivity contribution >= 4 is 6.09 Å². The monoisotopic (exact) mass is 310 g/mol. The molecule has 0 spiro atoms. The van der Waals surface area contributed by atoms with E-state index in [-0.39, 0.29) is 18.2 Å². The van der Waals surface area contributed by atoms with Gasteiger partial charge < -0.3 is 19.4 Å². The lowest BCUT2D eigenvalue weighted by Crippen LogP contribution is -2.44. The molecule has 0 saturated carbocycles. The van der Waals surface area contributed by atoms with Crippen LogP contribution in [0.25, 0.3) is 0 Å². The normalized spacial score (nSPS) is 13.2. The number of nitrogens with zero attached hydrogens (tertiary/aromatic N) is 1. The molecule has 1 heterocycles. The van der Waals surface area contributed by atoms with Gasteiger partial charge in [-0.2, -0.15) is 0 Å². The van der Waals surface area contributed by atoms with Crippen molar-refractivity contribution in [1.82, 2.24) is 10.2 Å². The zero-order chi connectivity index (χ0) is 16.8. The second-order valence-electron chi connectivity index (χ2n) is 6.70. The van der Waals surface area contributed by atoms with Crippen molar-refractivity contribution < 1.29 is 13.9 Å². The van der Waals surface area contributed by atoms with Gasteiger partial charge in [0.2, 0.25) is 0 Å². The standard InChI is InChI=1S/C17H30N2O3/c1-7-14(15-9-8-12-21-15)18-10-11-19(13(2)3)16(20)22-17(4,5)6/h8-9,12-14,18H,7,10-11H2,1-6H3. The quantitative estimate of drug-likeness (QED) is 0.828. The van der Waals surface area contributed by atoms with Gasteiger partial charge in [-0.3, -0.25) is 0 Å². The van der Waals surface area contributed by atoms with Crippen molar-refractivity contribution in [2.24, 2.45) is 0 Å². The number of amides is 1. The minimum atomic E-state index is -0.474. The highest BCUT2D eigenvalue weighted by molar-refractivity contribution is 5.68. The van der Waals surface area contributed by atoms with Gasteiger partial charge in [-0.1, -0.05) is 6.92 Å². The van der Waals surface area contributed by atoms with Gasteiger partial charge in [0.15, 0.2) is 0 Å². The van der Waals surface area contributed by atoms with Crippen LogP contribution in [0.2, 0.25) is 0 Å².